The Morgan fingerprint density at radius 1 is 1.03 bits per heavy atom. The summed E-state index contributed by atoms with van der Waals surface area (Å²) >= 11 is 0. The monoisotopic (exact) mass is 541 g/mol. The normalized spacial score (nSPS) is 25.9. The van der Waals surface area contributed by atoms with E-state index in [9.17, 15) is 24.0 Å². The molecule has 3 heterocycles. The van der Waals surface area contributed by atoms with Gasteiger partial charge in [0.05, 0.1) is 6.04 Å². The van der Waals surface area contributed by atoms with Gasteiger partial charge in [-0.15, -0.1) is 0 Å². The molecule has 11 nitrogen and oxygen atoms in total. The molecule has 1 aromatic rings. The van der Waals surface area contributed by atoms with Gasteiger partial charge in [0.2, 0.25) is 17.7 Å². The SMILES string of the molecule is CN[C@@H](C)C(=O)N[C@H]1CCCCC2CC[C@@H](C(=O)NCc3cccc(NC(=O)C4CCCC(=O)O4)c3)N2C1=O. The molecule has 0 aliphatic carbocycles. The molecular weight excluding hydrogens is 502 g/mol. The number of esters is 1. The van der Waals surface area contributed by atoms with E-state index in [2.05, 4.69) is 21.3 Å². The number of fused-ring (bicyclic) bond motifs is 1. The van der Waals surface area contributed by atoms with Gasteiger partial charge in [-0.3, -0.25) is 24.0 Å². The summed E-state index contributed by atoms with van der Waals surface area (Å²) in [5, 5.41) is 11.5. The van der Waals surface area contributed by atoms with E-state index in [-0.39, 0.29) is 42.2 Å². The summed E-state index contributed by atoms with van der Waals surface area (Å²) in [7, 11) is 1.69. The molecule has 3 aliphatic heterocycles. The number of benzene rings is 1. The maximum atomic E-state index is 13.6. The Morgan fingerprint density at radius 3 is 2.59 bits per heavy atom. The number of rotatable bonds is 8. The Morgan fingerprint density at radius 2 is 1.82 bits per heavy atom. The van der Waals surface area contributed by atoms with E-state index in [1.165, 1.54) is 0 Å². The molecule has 0 spiro atoms. The predicted octanol–water partition coefficient (Wildman–Crippen LogP) is 1.36. The molecule has 2 unspecified atom stereocenters. The lowest BCUT2D eigenvalue weighted by Gasteiger charge is -2.35. The lowest BCUT2D eigenvalue weighted by molar-refractivity contribution is -0.158. The standard InChI is InChI=1S/C28H39N5O6/c1-17(29-2)25(35)32-21-10-4-3-9-20-13-14-22(33(20)28(21)38)26(36)30-16-18-7-5-8-19(15-18)31-27(37)23-11-6-12-24(34)39-23/h5,7-8,15,17,20-23,29H,3-4,6,9-14,16H2,1-2H3,(H,30,36)(H,31,37)(H,32,35)/t17-,20?,21-,22-,23?/m0/s1. The molecule has 3 aliphatic rings. The van der Waals surface area contributed by atoms with Gasteiger partial charge in [0.15, 0.2) is 6.10 Å². The zero-order valence-corrected chi connectivity index (χ0v) is 22.7. The Labute approximate surface area is 228 Å². The lowest BCUT2D eigenvalue weighted by Crippen LogP contribution is -2.57. The maximum absolute atomic E-state index is 13.6. The Kier molecular flexibility index (Phi) is 9.55. The molecule has 4 N–H and O–H groups in total. The van der Waals surface area contributed by atoms with Gasteiger partial charge in [0.1, 0.15) is 12.1 Å². The van der Waals surface area contributed by atoms with Crippen molar-refractivity contribution in [3.8, 4) is 0 Å². The van der Waals surface area contributed by atoms with Gasteiger partial charge in [-0.1, -0.05) is 25.0 Å². The van der Waals surface area contributed by atoms with E-state index >= 15 is 0 Å². The number of nitrogens with one attached hydrogen (secondary N) is 4. The van der Waals surface area contributed by atoms with Crippen molar-refractivity contribution >= 4 is 35.3 Å². The fraction of sp³-hybridized carbons (Fsp3) is 0.607. The van der Waals surface area contributed by atoms with Gasteiger partial charge >= 0.3 is 5.97 Å². The molecule has 0 radical (unpaired) electrons. The third-order valence-electron chi connectivity index (χ3n) is 7.86. The van der Waals surface area contributed by atoms with Gasteiger partial charge < -0.3 is 30.9 Å². The quantitative estimate of drug-likeness (QED) is 0.364. The van der Waals surface area contributed by atoms with Crippen LogP contribution < -0.4 is 21.3 Å². The largest absolute Gasteiger partial charge is 0.452 e. The third-order valence-corrected chi connectivity index (χ3v) is 7.86. The van der Waals surface area contributed by atoms with Crippen LogP contribution in [0.3, 0.4) is 0 Å². The minimum atomic E-state index is -0.796. The molecule has 4 rings (SSSR count). The van der Waals surface area contributed by atoms with Crippen molar-refractivity contribution in [3.05, 3.63) is 29.8 Å². The summed E-state index contributed by atoms with van der Waals surface area (Å²) in [6.45, 7) is 1.97. The number of carbonyl (C=O) groups is 5. The second-order valence-corrected chi connectivity index (χ2v) is 10.6. The number of hydrogen-bond acceptors (Lipinski definition) is 7. The Bertz CT molecular complexity index is 1090. The highest BCUT2D eigenvalue weighted by Crippen LogP contribution is 2.31. The van der Waals surface area contributed by atoms with Gasteiger partial charge in [0, 0.05) is 24.7 Å². The minimum Gasteiger partial charge on any atom is -0.452 e. The number of anilines is 1. The van der Waals surface area contributed by atoms with Crippen LogP contribution in [-0.2, 0) is 35.3 Å². The first-order valence-electron chi connectivity index (χ1n) is 13.9. The second-order valence-electron chi connectivity index (χ2n) is 10.6. The van der Waals surface area contributed by atoms with Crippen LogP contribution in [0.25, 0.3) is 0 Å². The predicted molar refractivity (Wildman–Crippen MR) is 143 cm³/mol. The summed E-state index contributed by atoms with van der Waals surface area (Å²) in [5.74, 6) is -1.40. The number of amides is 4. The van der Waals surface area contributed by atoms with Crippen molar-refractivity contribution in [3.63, 3.8) is 0 Å². The first kappa shape index (κ1) is 28.5. The fourth-order valence-electron chi connectivity index (χ4n) is 5.53. The van der Waals surface area contributed by atoms with E-state index in [4.69, 9.17) is 4.74 Å². The van der Waals surface area contributed by atoms with E-state index in [1.807, 2.05) is 6.07 Å². The molecule has 3 fully saturated rings. The number of nitrogens with zero attached hydrogens (tertiary/aromatic N) is 1. The Balaban J connectivity index is 1.36. The first-order chi connectivity index (χ1) is 18.8. The summed E-state index contributed by atoms with van der Waals surface area (Å²) in [6, 6.07) is 5.43. The molecular formula is C28H39N5O6. The third kappa shape index (κ3) is 7.14. The van der Waals surface area contributed by atoms with Crippen molar-refractivity contribution in [1.82, 2.24) is 20.9 Å². The zero-order chi connectivity index (χ0) is 27.9. The second kappa shape index (κ2) is 13.1. The maximum Gasteiger partial charge on any atom is 0.306 e. The van der Waals surface area contributed by atoms with Crippen molar-refractivity contribution < 1.29 is 28.7 Å². The van der Waals surface area contributed by atoms with Gasteiger partial charge in [0.25, 0.3) is 5.91 Å². The molecule has 0 aromatic heterocycles. The van der Waals surface area contributed by atoms with Crippen molar-refractivity contribution in [1.29, 1.82) is 0 Å². The zero-order valence-electron chi connectivity index (χ0n) is 22.7. The number of ether oxygens (including phenoxy) is 1. The minimum absolute atomic E-state index is 0.0119. The average molecular weight is 542 g/mol. The number of likely N-dealkylation sites (N-methyl/N-ethyl adjacent to an activating group) is 1. The van der Waals surface area contributed by atoms with E-state index in [1.54, 1.807) is 37.1 Å². The fourth-order valence-corrected chi connectivity index (χ4v) is 5.53. The molecule has 11 heteroatoms. The highest BCUT2D eigenvalue weighted by Gasteiger charge is 2.43. The molecule has 4 amide bonds. The average Bonchev–Trinajstić information content (AvgIpc) is 3.35. The highest BCUT2D eigenvalue weighted by molar-refractivity contribution is 5.96. The smallest absolute Gasteiger partial charge is 0.306 e. The van der Waals surface area contributed by atoms with Crippen molar-refractivity contribution in [2.45, 2.75) is 102 Å². The summed E-state index contributed by atoms with van der Waals surface area (Å²) in [6.07, 6.45) is 5.16. The summed E-state index contributed by atoms with van der Waals surface area (Å²) in [5.41, 5.74) is 1.32. The van der Waals surface area contributed by atoms with Crippen LogP contribution in [-0.4, -0.2) is 71.8 Å². The lowest BCUT2D eigenvalue weighted by atomic mass is 9.98. The van der Waals surface area contributed by atoms with Crippen molar-refractivity contribution in [2.24, 2.45) is 0 Å². The van der Waals surface area contributed by atoms with Crippen LogP contribution in [0.5, 0.6) is 0 Å². The molecule has 0 bridgehead atoms. The number of hydrogen-bond donors (Lipinski definition) is 4. The van der Waals surface area contributed by atoms with Crippen LogP contribution in [0.15, 0.2) is 24.3 Å². The van der Waals surface area contributed by atoms with Gasteiger partial charge in [-0.05, 0) is 70.2 Å². The molecule has 5 atom stereocenters. The van der Waals surface area contributed by atoms with Crippen LogP contribution in [0, 0.1) is 0 Å². The van der Waals surface area contributed by atoms with Crippen LogP contribution in [0.4, 0.5) is 5.69 Å². The Hall–Kier alpha value is -3.47. The molecule has 39 heavy (non-hydrogen) atoms. The molecule has 3 saturated heterocycles. The van der Waals surface area contributed by atoms with Crippen LogP contribution in [0.1, 0.15) is 70.3 Å². The summed E-state index contributed by atoms with van der Waals surface area (Å²) < 4.78 is 5.13. The van der Waals surface area contributed by atoms with Crippen LogP contribution in [0.2, 0.25) is 0 Å². The summed E-state index contributed by atoms with van der Waals surface area (Å²) in [4.78, 5) is 65.0. The first-order valence-corrected chi connectivity index (χ1v) is 13.9. The van der Waals surface area contributed by atoms with Crippen LogP contribution >= 0.6 is 0 Å². The topological polar surface area (TPSA) is 146 Å². The highest BCUT2D eigenvalue weighted by atomic mass is 16.5. The molecule has 212 valence electrons. The number of cyclic esters (lactones) is 1. The molecule has 0 saturated carbocycles. The number of carbonyl (C=O) groups excluding carboxylic acids is 5. The van der Waals surface area contributed by atoms with E-state index in [0.717, 1.165) is 31.2 Å². The van der Waals surface area contributed by atoms with E-state index < -0.39 is 24.2 Å². The van der Waals surface area contributed by atoms with Gasteiger partial charge in [-0.25, -0.2) is 0 Å². The van der Waals surface area contributed by atoms with Gasteiger partial charge in [-0.2, -0.15) is 0 Å². The van der Waals surface area contributed by atoms with E-state index in [0.29, 0.717) is 37.8 Å². The molecule has 1 aromatic carbocycles. The van der Waals surface area contributed by atoms with Crippen molar-refractivity contribution in [2.75, 3.05) is 12.4 Å².